The number of likely N-dealkylation sites (tertiary alicyclic amines) is 1. The van der Waals surface area contributed by atoms with E-state index < -0.39 is 11.9 Å². The third kappa shape index (κ3) is 4.38. The van der Waals surface area contributed by atoms with Crippen LogP contribution in [0.25, 0.3) is 0 Å². The first-order valence-electron chi connectivity index (χ1n) is 11.3. The van der Waals surface area contributed by atoms with E-state index in [4.69, 9.17) is 4.74 Å². The monoisotopic (exact) mass is 412 g/mol. The van der Waals surface area contributed by atoms with Crippen molar-refractivity contribution in [3.63, 3.8) is 0 Å². The average Bonchev–Trinajstić information content (AvgIpc) is 3.59. The van der Waals surface area contributed by atoms with Gasteiger partial charge >= 0.3 is 0 Å². The highest BCUT2D eigenvalue weighted by molar-refractivity contribution is 6.10. The van der Waals surface area contributed by atoms with E-state index in [0.717, 1.165) is 50.2 Å². The van der Waals surface area contributed by atoms with Crippen LogP contribution in [0.15, 0.2) is 35.6 Å². The first-order valence-corrected chi connectivity index (χ1v) is 11.3. The zero-order chi connectivity index (χ0) is 21.1. The fraction of sp³-hybridized carbons (Fsp3) is 0.583. The molecule has 0 spiro atoms. The number of benzene rings is 1. The van der Waals surface area contributed by atoms with Gasteiger partial charge in [-0.2, -0.15) is 0 Å². The number of amides is 1. The molecule has 1 saturated heterocycles. The Balaban J connectivity index is 1.61. The van der Waals surface area contributed by atoms with Gasteiger partial charge in [-0.3, -0.25) is 9.59 Å². The predicted molar refractivity (Wildman–Crippen MR) is 114 cm³/mol. The number of carbonyl (C=O) groups is 2. The SMILES string of the molecule is CCCOc1cccc(C2C(C(=O)C3CC3)=C(O)C(=O)N2CCN2CCCCC2)c1. The molecule has 162 valence electrons. The van der Waals surface area contributed by atoms with Crippen molar-refractivity contribution in [2.45, 2.75) is 51.5 Å². The summed E-state index contributed by atoms with van der Waals surface area (Å²) in [5.41, 5.74) is 1.09. The minimum atomic E-state index is -0.541. The minimum Gasteiger partial charge on any atom is -0.503 e. The molecule has 1 aromatic carbocycles. The van der Waals surface area contributed by atoms with Crippen molar-refractivity contribution in [2.75, 3.05) is 32.8 Å². The molecule has 2 heterocycles. The molecule has 4 rings (SSSR count). The number of ether oxygens (including phenoxy) is 1. The van der Waals surface area contributed by atoms with Crippen LogP contribution in [0.5, 0.6) is 5.75 Å². The van der Waals surface area contributed by atoms with Crippen molar-refractivity contribution in [1.82, 2.24) is 9.80 Å². The molecule has 1 atom stereocenters. The topological polar surface area (TPSA) is 70.1 Å². The molecule has 6 heteroatoms. The standard InChI is InChI=1S/C24H32N2O4/c1-2-15-30-19-8-6-7-18(16-19)21-20(22(27)17-9-10-17)23(28)24(29)26(21)14-13-25-11-4-3-5-12-25/h6-8,16-17,21,28H,2-5,9-15H2,1H3. The summed E-state index contributed by atoms with van der Waals surface area (Å²) in [5, 5.41) is 10.7. The molecule has 1 aliphatic carbocycles. The fourth-order valence-corrected chi connectivity index (χ4v) is 4.47. The maximum Gasteiger partial charge on any atom is 0.290 e. The molecule has 2 aliphatic heterocycles. The van der Waals surface area contributed by atoms with Gasteiger partial charge in [0.05, 0.1) is 18.2 Å². The third-order valence-corrected chi connectivity index (χ3v) is 6.27. The van der Waals surface area contributed by atoms with Gasteiger partial charge in [0.1, 0.15) is 5.75 Å². The van der Waals surface area contributed by atoms with Gasteiger partial charge in [0.25, 0.3) is 5.91 Å². The van der Waals surface area contributed by atoms with Crippen LogP contribution in [-0.4, -0.2) is 59.4 Å². The Bertz CT molecular complexity index is 824. The quantitative estimate of drug-likeness (QED) is 0.671. The summed E-state index contributed by atoms with van der Waals surface area (Å²) >= 11 is 0. The minimum absolute atomic E-state index is 0.0565. The second-order valence-electron chi connectivity index (χ2n) is 8.63. The van der Waals surface area contributed by atoms with Crippen molar-refractivity contribution >= 4 is 11.7 Å². The van der Waals surface area contributed by atoms with Crippen molar-refractivity contribution in [2.24, 2.45) is 5.92 Å². The van der Waals surface area contributed by atoms with Crippen LogP contribution in [0.2, 0.25) is 0 Å². The lowest BCUT2D eigenvalue weighted by molar-refractivity contribution is -0.129. The Morgan fingerprint density at radius 1 is 1.17 bits per heavy atom. The summed E-state index contributed by atoms with van der Waals surface area (Å²) in [4.78, 5) is 30.1. The van der Waals surface area contributed by atoms with Gasteiger partial charge in [0.2, 0.25) is 0 Å². The number of carbonyl (C=O) groups excluding carboxylic acids is 2. The normalized spacial score (nSPS) is 22.6. The van der Waals surface area contributed by atoms with E-state index in [1.54, 1.807) is 4.90 Å². The Kier molecular flexibility index (Phi) is 6.42. The van der Waals surface area contributed by atoms with E-state index in [0.29, 0.717) is 13.2 Å². The van der Waals surface area contributed by atoms with Crippen molar-refractivity contribution in [1.29, 1.82) is 0 Å². The maximum atomic E-state index is 13.0. The summed E-state index contributed by atoms with van der Waals surface area (Å²) in [6.07, 6.45) is 6.20. The van der Waals surface area contributed by atoms with Crippen LogP contribution in [0.3, 0.4) is 0 Å². The number of ketones is 1. The summed E-state index contributed by atoms with van der Waals surface area (Å²) in [7, 11) is 0. The number of hydrogen-bond acceptors (Lipinski definition) is 5. The molecule has 2 fully saturated rings. The molecule has 1 saturated carbocycles. The second-order valence-corrected chi connectivity index (χ2v) is 8.63. The van der Waals surface area contributed by atoms with E-state index in [1.165, 1.54) is 19.3 Å². The van der Waals surface area contributed by atoms with E-state index in [-0.39, 0.29) is 23.0 Å². The van der Waals surface area contributed by atoms with Crippen LogP contribution in [0.1, 0.15) is 57.1 Å². The molecule has 0 radical (unpaired) electrons. The summed E-state index contributed by atoms with van der Waals surface area (Å²) < 4.78 is 5.78. The summed E-state index contributed by atoms with van der Waals surface area (Å²) in [5.74, 6) is -0.205. The summed E-state index contributed by atoms with van der Waals surface area (Å²) in [6, 6.07) is 7.06. The first-order chi connectivity index (χ1) is 14.6. The molecule has 1 amide bonds. The number of rotatable bonds is 9. The van der Waals surface area contributed by atoms with Gasteiger partial charge < -0.3 is 19.6 Å². The molecule has 1 unspecified atom stereocenters. The molecular weight excluding hydrogens is 380 g/mol. The molecule has 1 N–H and O–H groups in total. The number of hydrogen-bond donors (Lipinski definition) is 1. The lowest BCUT2D eigenvalue weighted by Gasteiger charge is -2.32. The fourth-order valence-electron chi connectivity index (χ4n) is 4.47. The molecule has 1 aromatic rings. The van der Waals surface area contributed by atoms with E-state index in [9.17, 15) is 14.7 Å². The zero-order valence-electron chi connectivity index (χ0n) is 17.8. The van der Waals surface area contributed by atoms with Gasteiger partial charge in [-0.1, -0.05) is 25.5 Å². The van der Waals surface area contributed by atoms with Crippen molar-refractivity contribution < 1.29 is 19.4 Å². The zero-order valence-corrected chi connectivity index (χ0v) is 17.8. The van der Waals surface area contributed by atoms with Gasteiger partial charge in [-0.25, -0.2) is 0 Å². The van der Waals surface area contributed by atoms with Crippen LogP contribution in [-0.2, 0) is 9.59 Å². The molecule has 30 heavy (non-hydrogen) atoms. The van der Waals surface area contributed by atoms with Crippen LogP contribution in [0, 0.1) is 5.92 Å². The number of Topliss-reactive ketones (excluding diaryl/α,β-unsaturated/α-hetero) is 1. The highest BCUT2D eigenvalue weighted by atomic mass is 16.5. The predicted octanol–water partition coefficient (Wildman–Crippen LogP) is 3.64. The highest BCUT2D eigenvalue weighted by Gasteiger charge is 2.47. The lowest BCUT2D eigenvalue weighted by atomic mass is 9.94. The number of aliphatic hydroxyl groups is 1. The van der Waals surface area contributed by atoms with Gasteiger partial charge in [0, 0.05) is 19.0 Å². The van der Waals surface area contributed by atoms with Crippen molar-refractivity contribution in [3.8, 4) is 5.75 Å². The smallest absolute Gasteiger partial charge is 0.290 e. The maximum absolute atomic E-state index is 13.0. The van der Waals surface area contributed by atoms with Crippen LogP contribution in [0.4, 0.5) is 0 Å². The van der Waals surface area contributed by atoms with E-state index in [2.05, 4.69) is 11.8 Å². The molecule has 0 aromatic heterocycles. The molecular formula is C24H32N2O4. The molecule has 3 aliphatic rings. The number of aliphatic hydroxyl groups excluding tert-OH is 1. The van der Waals surface area contributed by atoms with Gasteiger partial charge in [-0.05, 0) is 62.9 Å². The molecule has 0 bridgehead atoms. The molecule has 6 nitrogen and oxygen atoms in total. The van der Waals surface area contributed by atoms with Crippen molar-refractivity contribution in [3.05, 3.63) is 41.2 Å². The first kappa shape index (κ1) is 20.9. The third-order valence-electron chi connectivity index (χ3n) is 6.27. The highest BCUT2D eigenvalue weighted by Crippen LogP contribution is 2.43. The number of nitrogens with zero attached hydrogens (tertiary/aromatic N) is 2. The van der Waals surface area contributed by atoms with Crippen LogP contribution < -0.4 is 4.74 Å². The Morgan fingerprint density at radius 3 is 2.63 bits per heavy atom. The van der Waals surface area contributed by atoms with E-state index in [1.807, 2.05) is 24.3 Å². The lowest BCUT2D eigenvalue weighted by Crippen LogP contribution is -2.40. The Morgan fingerprint density at radius 2 is 1.93 bits per heavy atom. The summed E-state index contributed by atoms with van der Waals surface area (Å²) in [6.45, 7) is 6.00. The second kappa shape index (κ2) is 9.21. The van der Waals surface area contributed by atoms with Crippen LogP contribution >= 0.6 is 0 Å². The van der Waals surface area contributed by atoms with E-state index >= 15 is 0 Å². The Labute approximate surface area is 178 Å². The number of piperidine rings is 1. The largest absolute Gasteiger partial charge is 0.503 e. The van der Waals surface area contributed by atoms with Gasteiger partial charge in [-0.15, -0.1) is 0 Å². The Hall–Kier alpha value is -2.34. The average molecular weight is 413 g/mol. The van der Waals surface area contributed by atoms with Gasteiger partial charge in [0.15, 0.2) is 11.5 Å².